The second-order valence-corrected chi connectivity index (χ2v) is 4.80. The Bertz CT molecular complexity index is 565. The van der Waals surface area contributed by atoms with Gasteiger partial charge in [-0.2, -0.15) is 0 Å². The number of nitrogens with one attached hydrogen (secondary N) is 1. The number of hydrogen-bond acceptors (Lipinski definition) is 3. The Morgan fingerprint density at radius 3 is 3.00 bits per heavy atom. The van der Waals surface area contributed by atoms with Crippen molar-refractivity contribution < 1.29 is 0 Å². The van der Waals surface area contributed by atoms with Crippen LogP contribution in [0.25, 0.3) is 0 Å². The second kappa shape index (κ2) is 5.41. The van der Waals surface area contributed by atoms with Crippen LogP contribution in [0.5, 0.6) is 0 Å². The number of hydrogen-bond donors (Lipinski definition) is 1. The van der Waals surface area contributed by atoms with Gasteiger partial charge >= 0.3 is 0 Å². The van der Waals surface area contributed by atoms with Crippen molar-refractivity contribution >= 4 is 11.5 Å². The van der Waals surface area contributed by atoms with Crippen LogP contribution in [0.15, 0.2) is 42.6 Å². The molecule has 0 unspecified atom stereocenters. The van der Waals surface area contributed by atoms with Crippen LogP contribution < -0.4 is 10.2 Å². The summed E-state index contributed by atoms with van der Waals surface area (Å²) in [7, 11) is 0. The Morgan fingerprint density at radius 1 is 1.21 bits per heavy atom. The van der Waals surface area contributed by atoms with E-state index >= 15 is 0 Å². The quantitative estimate of drug-likeness (QED) is 0.908. The van der Waals surface area contributed by atoms with Crippen molar-refractivity contribution in [3.63, 3.8) is 0 Å². The molecule has 0 fully saturated rings. The van der Waals surface area contributed by atoms with Crippen LogP contribution in [0.2, 0.25) is 0 Å². The Kier molecular flexibility index (Phi) is 3.47. The smallest absolute Gasteiger partial charge is 0.137 e. The van der Waals surface area contributed by atoms with E-state index in [4.69, 9.17) is 0 Å². The van der Waals surface area contributed by atoms with Gasteiger partial charge in [-0.3, -0.25) is 0 Å². The maximum Gasteiger partial charge on any atom is 0.137 e. The molecule has 0 bridgehead atoms. The summed E-state index contributed by atoms with van der Waals surface area (Å²) in [5, 5.41) is 3.39. The fraction of sp³-hybridized carbons (Fsp3) is 0.312. The van der Waals surface area contributed by atoms with E-state index in [0.29, 0.717) is 0 Å². The Labute approximate surface area is 114 Å². The second-order valence-electron chi connectivity index (χ2n) is 4.80. The first kappa shape index (κ1) is 12.2. The molecule has 0 radical (unpaired) electrons. The van der Waals surface area contributed by atoms with Crippen molar-refractivity contribution in [1.82, 2.24) is 10.3 Å². The minimum Gasteiger partial charge on any atom is -0.326 e. The molecular weight excluding hydrogens is 234 g/mol. The zero-order valence-corrected chi connectivity index (χ0v) is 11.3. The molecule has 19 heavy (non-hydrogen) atoms. The van der Waals surface area contributed by atoms with Crippen molar-refractivity contribution in [1.29, 1.82) is 0 Å². The molecule has 3 heteroatoms. The minimum atomic E-state index is 0.873. The number of para-hydroxylation sites is 1. The molecule has 0 amide bonds. The summed E-state index contributed by atoms with van der Waals surface area (Å²) in [5.41, 5.74) is 3.99. The molecule has 1 aliphatic heterocycles. The largest absolute Gasteiger partial charge is 0.326 e. The summed E-state index contributed by atoms with van der Waals surface area (Å²) in [5.74, 6) is 1.09. The predicted molar refractivity (Wildman–Crippen MR) is 78.8 cm³/mol. The van der Waals surface area contributed by atoms with Crippen molar-refractivity contribution in [2.75, 3.05) is 18.0 Å². The summed E-state index contributed by atoms with van der Waals surface area (Å²) >= 11 is 0. The highest BCUT2D eigenvalue weighted by Gasteiger charge is 2.22. The third-order valence-electron chi connectivity index (χ3n) is 3.58. The van der Waals surface area contributed by atoms with E-state index < -0.39 is 0 Å². The highest BCUT2D eigenvalue weighted by Crippen LogP contribution is 2.34. The van der Waals surface area contributed by atoms with Crippen LogP contribution in [-0.4, -0.2) is 18.1 Å². The molecule has 98 valence electrons. The lowest BCUT2D eigenvalue weighted by atomic mass is 10.2. The number of fused-ring (bicyclic) bond motifs is 1. The van der Waals surface area contributed by atoms with E-state index in [0.717, 1.165) is 31.9 Å². The van der Waals surface area contributed by atoms with E-state index in [2.05, 4.69) is 52.5 Å². The molecule has 0 saturated carbocycles. The zero-order valence-electron chi connectivity index (χ0n) is 11.3. The van der Waals surface area contributed by atoms with Gasteiger partial charge in [0.15, 0.2) is 0 Å². The number of aromatic nitrogens is 1. The van der Waals surface area contributed by atoms with Gasteiger partial charge in [-0.15, -0.1) is 0 Å². The van der Waals surface area contributed by atoms with Crippen molar-refractivity contribution in [3.8, 4) is 0 Å². The highest BCUT2D eigenvalue weighted by molar-refractivity contribution is 5.69. The van der Waals surface area contributed by atoms with Gasteiger partial charge in [-0.1, -0.05) is 31.2 Å². The fourth-order valence-electron chi connectivity index (χ4n) is 2.63. The lowest BCUT2D eigenvalue weighted by Gasteiger charge is -2.21. The summed E-state index contributed by atoms with van der Waals surface area (Å²) in [6.45, 7) is 5.00. The van der Waals surface area contributed by atoms with Crippen molar-refractivity contribution in [3.05, 3.63) is 53.7 Å². The first-order chi connectivity index (χ1) is 9.40. The average Bonchev–Trinajstić information content (AvgIpc) is 2.89. The third kappa shape index (κ3) is 2.34. The van der Waals surface area contributed by atoms with Crippen LogP contribution in [0.3, 0.4) is 0 Å². The topological polar surface area (TPSA) is 28.2 Å². The number of nitrogens with zero attached hydrogens (tertiary/aromatic N) is 2. The molecule has 3 rings (SSSR count). The van der Waals surface area contributed by atoms with Crippen LogP contribution in [0.4, 0.5) is 11.5 Å². The predicted octanol–water partition coefficient (Wildman–Crippen LogP) is 2.89. The monoisotopic (exact) mass is 253 g/mol. The van der Waals surface area contributed by atoms with E-state index in [9.17, 15) is 0 Å². The van der Waals surface area contributed by atoms with Gasteiger partial charge in [0.1, 0.15) is 5.82 Å². The van der Waals surface area contributed by atoms with E-state index in [1.54, 1.807) is 0 Å². The molecular formula is C16H19N3. The lowest BCUT2D eigenvalue weighted by molar-refractivity contribution is 0.722. The maximum atomic E-state index is 4.60. The minimum absolute atomic E-state index is 0.873. The normalized spacial score (nSPS) is 13.6. The molecule has 0 saturated heterocycles. The van der Waals surface area contributed by atoms with Gasteiger partial charge in [-0.25, -0.2) is 4.98 Å². The van der Waals surface area contributed by atoms with Gasteiger partial charge < -0.3 is 10.2 Å². The molecule has 0 spiro atoms. The van der Waals surface area contributed by atoms with Crippen LogP contribution in [0, 0.1) is 0 Å². The standard InChI is InChI=1S/C16H19N3/c1-2-17-12-14-7-5-10-18-16(14)19-11-9-13-6-3-4-8-15(13)19/h3-8,10,17H,2,9,11-12H2,1H3. The molecule has 1 N–H and O–H groups in total. The Hall–Kier alpha value is -1.87. The molecule has 2 heterocycles. The average molecular weight is 253 g/mol. The maximum absolute atomic E-state index is 4.60. The van der Waals surface area contributed by atoms with Crippen LogP contribution in [0.1, 0.15) is 18.1 Å². The molecule has 3 nitrogen and oxygen atoms in total. The Balaban J connectivity index is 1.95. The SMILES string of the molecule is CCNCc1cccnc1N1CCc2ccccc21. The molecule has 2 aromatic rings. The molecule has 1 aromatic heterocycles. The summed E-state index contributed by atoms with van der Waals surface area (Å²) in [6, 6.07) is 12.8. The van der Waals surface area contributed by atoms with Gasteiger partial charge in [0.05, 0.1) is 0 Å². The van der Waals surface area contributed by atoms with Gasteiger partial charge in [0, 0.05) is 30.5 Å². The number of pyridine rings is 1. The van der Waals surface area contributed by atoms with Crippen molar-refractivity contribution in [2.45, 2.75) is 19.9 Å². The van der Waals surface area contributed by atoms with Crippen molar-refractivity contribution in [2.24, 2.45) is 0 Å². The van der Waals surface area contributed by atoms with Gasteiger partial charge in [0.2, 0.25) is 0 Å². The molecule has 1 aromatic carbocycles. The zero-order chi connectivity index (χ0) is 13.1. The fourth-order valence-corrected chi connectivity index (χ4v) is 2.63. The summed E-state index contributed by atoms with van der Waals surface area (Å²) in [6.07, 6.45) is 2.99. The van der Waals surface area contributed by atoms with E-state index in [-0.39, 0.29) is 0 Å². The van der Waals surface area contributed by atoms with Gasteiger partial charge in [-0.05, 0) is 30.7 Å². The molecule has 1 aliphatic rings. The van der Waals surface area contributed by atoms with E-state index in [1.807, 2.05) is 12.3 Å². The summed E-state index contributed by atoms with van der Waals surface area (Å²) in [4.78, 5) is 6.93. The Morgan fingerprint density at radius 2 is 2.11 bits per heavy atom. The number of anilines is 2. The molecule has 0 aliphatic carbocycles. The number of rotatable bonds is 4. The lowest BCUT2D eigenvalue weighted by Crippen LogP contribution is -2.20. The van der Waals surface area contributed by atoms with E-state index in [1.165, 1.54) is 16.8 Å². The highest BCUT2D eigenvalue weighted by atomic mass is 15.2. The summed E-state index contributed by atoms with van der Waals surface area (Å²) < 4.78 is 0. The third-order valence-corrected chi connectivity index (χ3v) is 3.58. The number of benzene rings is 1. The molecule has 0 atom stereocenters. The first-order valence-corrected chi connectivity index (χ1v) is 6.90. The first-order valence-electron chi connectivity index (χ1n) is 6.90. The van der Waals surface area contributed by atoms with Gasteiger partial charge in [0.25, 0.3) is 0 Å². The van der Waals surface area contributed by atoms with Crippen LogP contribution >= 0.6 is 0 Å². The van der Waals surface area contributed by atoms with Crippen LogP contribution in [-0.2, 0) is 13.0 Å².